The highest BCUT2D eigenvalue weighted by Crippen LogP contribution is 2.17. The molecule has 0 bridgehead atoms. The molecule has 4 nitrogen and oxygen atoms in total. The number of sulfone groups is 1. The van der Waals surface area contributed by atoms with Gasteiger partial charge in [0.15, 0.2) is 0 Å². The van der Waals surface area contributed by atoms with E-state index in [4.69, 9.17) is 10.8 Å². The van der Waals surface area contributed by atoms with Crippen molar-refractivity contribution < 1.29 is 13.5 Å². The Morgan fingerprint density at radius 2 is 2.14 bits per heavy atom. The topological polar surface area (TPSA) is 80.4 Å². The molecule has 0 fully saturated rings. The summed E-state index contributed by atoms with van der Waals surface area (Å²) in [4.78, 5) is 0. The van der Waals surface area contributed by atoms with E-state index in [1.165, 1.54) is 12.1 Å². The van der Waals surface area contributed by atoms with Gasteiger partial charge < -0.3 is 10.8 Å². The lowest BCUT2D eigenvalue weighted by Crippen LogP contribution is -2.20. The van der Waals surface area contributed by atoms with E-state index < -0.39 is 15.9 Å². The van der Waals surface area contributed by atoms with E-state index in [1.54, 1.807) is 12.1 Å². The lowest BCUT2D eigenvalue weighted by atomic mass is 10.1. The highest BCUT2D eigenvalue weighted by atomic mass is 32.2. The summed E-state index contributed by atoms with van der Waals surface area (Å²) in [5.41, 5.74) is 6.28. The van der Waals surface area contributed by atoms with Crippen LogP contribution in [0, 0.1) is 0 Å². The molecule has 1 rings (SSSR count). The third kappa shape index (κ3) is 3.35. The highest BCUT2D eigenvalue weighted by Gasteiger charge is 2.12. The molecule has 1 aromatic carbocycles. The summed E-state index contributed by atoms with van der Waals surface area (Å²) in [7, 11) is -3.09. The quantitative estimate of drug-likeness (QED) is 0.766. The maximum atomic E-state index is 11.0. The summed E-state index contributed by atoms with van der Waals surface area (Å²) in [6.07, 6.45) is 1.13. The molecule has 0 saturated carbocycles. The fourth-order valence-corrected chi connectivity index (χ4v) is 2.02. The van der Waals surface area contributed by atoms with Gasteiger partial charge in [0.25, 0.3) is 0 Å². The zero-order valence-electron chi connectivity index (χ0n) is 7.84. The third-order valence-corrected chi connectivity index (χ3v) is 2.75. The number of benzene rings is 1. The molecule has 3 N–H and O–H groups in total. The minimum absolute atomic E-state index is 0.0893. The first-order chi connectivity index (χ1) is 6.38. The van der Waals surface area contributed by atoms with E-state index in [1.807, 2.05) is 0 Å². The Hall–Kier alpha value is -1.07. The molecule has 1 unspecified atom stereocenters. The average molecular weight is 215 g/mol. The molecule has 0 saturated heterocycles. The van der Waals surface area contributed by atoms with E-state index in [0.717, 1.165) is 6.26 Å². The maximum absolute atomic E-state index is 11.0. The molecule has 0 aromatic heterocycles. The van der Waals surface area contributed by atoms with Crippen LogP contribution in [0.1, 0.15) is 11.6 Å². The predicted molar refractivity (Wildman–Crippen MR) is 54.7 cm³/mol. The second-order valence-corrected chi connectivity index (χ2v) is 5.48. The Bertz CT molecular complexity index is 414. The standard InChI is InChI=1S/C9H13NO3S/c1-14(12,13)6-9(10)7-3-2-4-8(11)5-7/h2-5,9,11H,6,10H2,1H3. The van der Waals surface area contributed by atoms with Crippen LogP contribution in [0.15, 0.2) is 24.3 Å². The molecule has 5 heteroatoms. The molecule has 0 amide bonds. The first-order valence-electron chi connectivity index (χ1n) is 4.11. The molecule has 0 radical (unpaired) electrons. The van der Waals surface area contributed by atoms with Crippen LogP contribution in [0.2, 0.25) is 0 Å². The monoisotopic (exact) mass is 215 g/mol. The van der Waals surface area contributed by atoms with Crippen molar-refractivity contribution in [3.05, 3.63) is 29.8 Å². The van der Waals surface area contributed by atoms with Crippen LogP contribution >= 0.6 is 0 Å². The van der Waals surface area contributed by atoms with E-state index in [9.17, 15) is 8.42 Å². The first-order valence-corrected chi connectivity index (χ1v) is 6.17. The second kappa shape index (κ2) is 3.98. The minimum Gasteiger partial charge on any atom is -0.508 e. The summed E-state index contributed by atoms with van der Waals surface area (Å²) >= 11 is 0. The van der Waals surface area contributed by atoms with Gasteiger partial charge in [-0.2, -0.15) is 0 Å². The van der Waals surface area contributed by atoms with Gasteiger partial charge in [0.2, 0.25) is 0 Å². The van der Waals surface area contributed by atoms with E-state index in [-0.39, 0.29) is 11.5 Å². The normalized spacial score (nSPS) is 13.9. The van der Waals surface area contributed by atoms with Crippen LogP contribution in [0.25, 0.3) is 0 Å². The number of phenolic OH excluding ortho intramolecular Hbond substituents is 1. The molecule has 78 valence electrons. The summed E-state index contributed by atoms with van der Waals surface area (Å²) in [6.45, 7) is 0. The zero-order valence-corrected chi connectivity index (χ0v) is 8.66. The predicted octanol–water partition coefficient (Wildman–Crippen LogP) is 0.437. The van der Waals surface area contributed by atoms with Crippen molar-refractivity contribution in [1.82, 2.24) is 0 Å². The molecule has 0 aliphatic rings. The van der Waals surface area contributed by atoms with Gasteiger partial charge in [0, 0.05) is 12.3 Å². The number of phenols is 1. The lowest BCUT2D eigenvalue weighted by molar-refractivity contribution is 0.474. The van der Waals surface area contributed by atoms with Gasteiger partial charge in [-0.1, -0.05) is 12.1 Å². The Balaban J connectivity index is 2.85. The van der Waals surface area contributed by atoms with Crippen molar-refractivity contribution in [3.63, 3.8) is 0 Å². The molecule has 0 heterocycles. The largest absolute Gasteiger partial charge is 0.508 e. The Morgan fingerprint density at radius 1 is 1.50 bits per heavy atom. The van der Waals surface area contributed by atoms with Crippen molar-refractivity contribution in [3.8, 4) is 5.75 Å². The SMILES string of the molecule is CS(=O)(=O)CC(N)c1cccc(O)c1. The number of hydrogen-bond acceptors (Lipinski definition) is 4. The molecular formula is C9H13NO3S. The van der Waals surface area contributed by atoms with Crippen LogP contribution < -0.4 is 5.73 Å². The maximum Gasteiger partial charge on any atom is 0.149 e. The van der Waals surface area contributed by atoms with Crippen molar-refractivity contribution in [2.45, 2.75) is 6.04 Å². The van der Waals surface area contributed by atoms with E-state index in [0.29, 0.717) is 5.56 Å². The van der Waals surface area contributed by atoms with Crippen molar-refractivity contribution >= 4 is 9.84 Å². The summed E-state index contributed by atoms with van der Waals surface area (Å²) in [5.74, 6) is -0.0253. The molecular weight excluding hydrogens is 202 g/mol. The molecule has 0 aliphatic heterocycles. The second-order valence-electron chi connectivity index (χ2n) is 3.29. The number of aromatic hydroxyl groups is 1. The van der Waals surface area contributed by atoms with Gasteiger partial charge >= 0.3 is 0 Å². The minimum atomic E-state index is -3.09. The Labute approximate surface area is 83.3 Å². The van der Waals surface area contributed by atoms with Crippen LogP contribution in [0.4, 0.5) is 0 Å². The van der Waals surface area contributed by atoms with Gasteiger partial charge in [-0.15, -0.1) is 0 Å². The molecule has 0 aliphatic carbocycles. The summed E-state index contributed by atoms with van der Waals surface area (Å²) in [5, 5.41) is 9.16. The summed E-state index contributed by atoms with van der Waals surface area (Å²) in [6, 6.07) is 5.71. The smallest absolute Gasteiger partial charge is 0.149 e. The van der Waals surface area contributed by atoms with Crippen LogP contribution in [-0.2, 0) is 9.84 Å². The third-order valence-electron chi connectivity index (χ3n) is 1.78. The fraction of sp³-hybridized carbons (Fsp3) is 0.333. The lowest BCUT2D eigenvalue weighted by Gasteiger charge is -2.10. The first kappa shape index (κ1) is 11.0. The molecule has 14 heavy (non-hydrogen) atoms. The molecule has 0 spiro atoms. The number of rotatable bonds is 3. The molecule has 1 atom stereocenters. The number of nitrogens with two attached hydrogens (primary N) is 1. The van der Waals surface area contributed by atoms with Crippen LogP contribution in [0.3, 0.4) is 0 Å². The van der Waals surface area contributed by atoms with Crippen LogP contribution in [-0.4, -0.2) is 25.5 Å². The zero-order chi connectivity index (χ0) is 10.8. The summed E-state index contributed by atoms with van der Waals surface area (Å²) < 4.78 is 21.9. The highest BCUT2D eigenvalue weighted by molar-refractivity contribution is 7.90. The van der Waals surface area contributed by atoms with Gasteiger partial charge in [0.1, 0.15) is 15.6 Å². The van der Waals surface area contributed by atoms with Gasteiger partial charge in [-0.25, -0.2) is 8.42 Å². The van der Waals surface area contributed by atoms with Gasteiger partial charge in [-0.05, 0) is 17.7 Å². The van der Waals surface area contributed by atoms with E-state index in [2.05, 4.69) is 0 Å². The average Bonchev–Trinajstić information content (AvgIpc) is 2.01. The van der Waals surface area contributed by atoms with E-state index >= 15 is 0 Å². The Kier molecular flexibility index (Phi) is 3.13. The van der Waals surface area contributed by atoms with Crippen molar-refractivity contribution in [1.29, 1.82) is 0 Å². The van der Waals surface area contributed by atoms with Crippen LogP contribution in [0.5, 0.6) is 5.75 Å². The fourth-order valence-electron chi connectivity index (χ4n) is 1.18. The Morgan fingerprint density at radius 3 is 2.64 bits per heavy atom. The van der Waals surface area contributed by atoms with Gasteiger partial charge in [-0.3, -0.25) is 0 Å². The van der Waals surface area contributed by atoms with Crippen molar-refractivity contribution in [2.75, 3.05) is 12.0 Å². The number of hydrogen-bond donors (Lipinski definition) is 2. The van der Waals surface area contributed by atoms with Gasteiger partial charge in [0.05, 0.1) is 5.75 Å². The molecule has 1 aromatic rings. The van der Waals surface area contributed by atoms with Crippen molar-refractivity contribution in [2.24, 2.45) is 5.73 Å².